The second-order valence-corrected chi connectivity index (χ2v) is 5.69. The zero-order valence-corrected chi connectivity index (χ0v) is 12.6. The van der Waals surface area contributed by atoms with E-state index in [4.69, 9.17) is 5.73 Å². The predicted molar refractivity (Wildman–Crippen MR) is 79.6 cm³/mol. The van der Waals surface area contributed by atoms with Crippen molar-refractivity contribution in [1.29, 1.82) is 0 Å². The molecule has 1 aliphatic heterocycles. The molecule has 1 aromatic heterocycles. The minimum atomic E-state index is -0.980. The van der Waals surface area contributed by atoms with Gasteiger partial charge in [0.1, 0.15) is 6.17 Å². The van der Waals surface area contributed by atoms with Gasteiger partial charge in [0.15, 0.2) is 0 Å². The van der Waals surface area contributed by atoms with E-state index in [-0.39, 0.29) is 31.5 Å². The topological polar surface area (TPSA) is 79.5 Å². The van der Waals surface area contributed by atoms with E-state index < -0.39 is 12.1 Å². The number of aromatic nitrogens is 1. The van der Waals surface area contributed by atoms with Crippen LogP contribution >= 0.6 is 0 Å². The molecule has 6 nitrogen and oxygen atoms in total. The SMILES string of the molecule is CN(C[C@@H]1C[C@H](F)CN1CC(N)=O)C(=O)Cc1cccnc1. The first-order valence-corrected chi connectivity index (χ1v) is 7.25. The second kappa shape index (κ2) is 7.31. The van der Waals surface area contributed by atoms with Crippen molar-refractivity contribution in [3.63, 3.8) is 0 Å². The minimum absolute atomic E-state index is 0.0235. The Kier molecular flexibility index (Phi) is 5.43. The Bertz CT molecular complexity index is 526. The number of nitrogens with two attached hydrogens (primary N) is 1. The number of amides is 2. The highest BCUT2D eigenvalue weighted by Crippen LogP contribution is 2.20. The van der Waals surface area contributed by atoms with Crippen molar-refractivity contribution >= 4 is 11.8 Å². The van der Waals surface area contributed by atoms with E-state index in [0.717, 1.165) is 5.56 Å². The lowest BCUT2D eigenvalue weighted by atomic mass is 10.1. The van der Waals surface area contributed by atoms with Crippen LogP contribution in [0.3, 0.4) is 0 Å². The molecule has 0 radical (unpaired) electrons. The van der Waals surface area contributed by atoms with Crippen molar-refractivity contribution in [2.75, 3.05) is 26.7 Å². The first kappa shape index (κ1) is 16.4. The third-order valence-electron chi connectivity index (χ3n) is 3.82. The molecule has 7 heteroatoms. The molecule has 1 aromatic rings. The third kappa shape index (κ3) is 4.49. The zero-order valence-electron chi connectivity index (χ0n) is 12.6. The lowest BCUT2D eigenvalue weighted by molar-refractivity contribution is -0.129. The summed E-state index contributed by atoms with van der Waals surface area (Å²) in [5, 5.41) is 0. The molecule has 0 aliphatic carbocycles. The molecule has 1 aliphatic rings. The number of pyridine rings is 1. The fourth-order valence-electron chi connectivity index (χ4n) is 2.74. The molecule has 1 saturated heterocycles. The number of likely N-dealkylation sites (tertiary alicyclic amines) is 1. The number of hydrogen-bond donors (Lipinski definition) is 1. The van der Waals surface area contributed by atoms with Gasteiger partial charge in [-0.1, -0.05) is 6.07 Å². The molecule has 2 N–H and O–H groups in total. The molecule has 0 spiro atoms. The molecule has 2 atom stereocenters. The van der Waals surface area contributed by atoms with Crippen molar-refractivity contribution in [2.24, 2.45) is 5.73 Å². The smallest absolute Gasteiger partial charge is 0.231 e. The third-order valence-corrected chi connectivity index (χ3v) is 3.82. The van der Waals surface area contributed by atoms with Gasteiger partial charge in [0.25, 0.3) is 0 Å². The maximum absolute atomic E-state index is 13.6. The van der Waals surface area contributed by atoms with Crippen LogP contribution in [0.25, 0.3) is 0 Å². The summed E-state index contributed by atoms with van der Waals surface area (Å²) in [5.74, 6) is -0.544. The maximum Gasteiger partial charge on any atom is 0.231 e. The van der Waals surface area contributed by atoms with Gasteiger partial charge in [0.05, 0.1) is 13.0 Å². The van der Waals surface area contributed by atoms with E-state index in [0.29, 0.717) is 13.0 Å². The summed E-state index contributed by atoms with van der Waals surface area (Å²) in [6, 6.07) is 3.44. The van der Waals surface area contributed by atoms with Gasteiger partial charge in [-0.3, -0.25) is 19.5 Å². The molecule has 0 unspecified atom stereocenters. The van der Waals surface area contributed by atoms with E-state index in [1.165, 1.54) is 0 Å². The monoisotopic (exact) mass is 308 g/mol. The van der Waals surface area contributed by atoms with Crippen LogP contribution in [0, 0.1) is 0 Å². The van der Waals surface area contributed by atoms with Gasteiger partial charge in [-0.2, -0.15) is 0 Å². The lowest BCUT2D eigenvalue weighted by Gasteiger charge is -2.27. The second-order valence-electron chi connectivity index (χ2n) is 5.69. The van der Waals surface area contributed by atoms with E-state index in [2.05, 4.69) is 4.98 Å². The Hall–Kier alpha value is -2.02. The quantitative estimate of drug-likeness (QED) is 0.801. The number of hydrogen-bond acceptors (Lipinski definition) is 4. The standard InChI is InChI=1S/C15H21FN4O2/c1-19(15(22)5-11-3-2-4-18-7-11)9-13-6-12(16)8-20(13)10-14(17)21/h2-4,7,12-13H,5-6,8-10H2,1H3,(H2,17,21)/t12-,13-/m0/s1. The largest absolute Gasteiger partial charge is 0.369 e. The van der Waals surface area contributed by atoms with Gasteiger partial charge in [-0.25, -0.2) is 4.39 Å². The van der Waals surface area contributed by atoms with Crippen LogP contribution < -0.4 is 5.73 Å². The van der Waals surface area contributed by atoms with Crippen LogP contribution in [0.5, 0.6) is 0 Å². The highest BCUT2D eigenvalue weighted by atomic mass is 19.1. The van der Waals surface area contributed by atoms with Crippen molar-refractivity contribution in [3.8, 4) is 0 Å². The van der Waals surface area contributed by atoms with Gasteiger partial charge < -0.3 is 10.6 Å². The van der Waals surface area contributed by atoms with Crippen LogP contribution in [-0.2, 0) is 16.0 Å². The molecule has 0 aromatic carbocycles. The summed E-state index contributed by atoms with van der Waals surface area (Å²) in [6.45, 7) is 0.598. The number of rotatable bonds is 6. The van der Waals surface area contributed by atoms with E-state index in [1.54, 1.807) is 35.3 Å². The predicted octanol–water partition coefficient (Wildman–Crippen LogP) is -0.0198. The number of carbonyl (C=O) groups excluding carboxylic acids is 2. The molecule has 22 heavy (non-hydrogen) atoms. The van der Waals surface area contributed by atoms with Crippen molar-refractivity contribution in [1.82, 2.24) is 14.8 Å². The van der Waals surface area contributed by atoms with Crippen molar-refractivity contribution < 1.29 is 14.0 Å². The first-order chi connectivity index (χ1) is 10.5. The highest BCUT2D eigenvalue weighted by Gasteiger charge is 2.34. The summed E-state index contributed by atoms with van der Waals surface area (Å²) in [7, 11) is 1.69. The molecular formula is C15H21FN4O2. The van der Waals surface area contributed by atoms with Gasteiger partial charge in [-0.15, -0.1) is 0 Å². The molecule has 2 amide bonds. The maximum atomic E-state index is 13.6. The molecule has 120 valence electrons. The Morgan fingerprint density at radius 3 is 2.95 bits per heavy atom. The fraction of sp³-hybridized carbons (Fsp3) is 0.533. The number of halogens is 1. The lowest BCUT2D eigenvalue weighted by Crippen LogP contribution is -2.44. The molecule has 0 saturated carbocycles. The Labute approximate surface area is 129 Å². The van der Waals surface area contributed by atoms with Gasteiger partial charge in [-0.05, 0) is 18.1 Å². The highest BCUT2D eigenvalue weighted by molar-refractivity contribution is 5.78. The van der Waals surface area contributed by atoms with Gasteiger partial charge in [0.2, 0.25) is 11.8 Å². The summed E-state index contributed by atoms with van der Waals surface area (Å²) in [5.41, 5.74) is 6.02. The van der Waals surface area contributed by atoms with Crippen LogP contribution in [0.4, 0.5) is 4.39 Å². The average Bonchev–Trinajstić information content (AvgIpc) is 2.78. The van der Waals surface area contributed by atoms with E-state index in [9.17, 15) is 14.0 Å². The van der Waals surface area contributed by atoms with Crippen molar-refractivity contribution in [2.45, 2.75) is 25.1 Å². The number of carbonyl (C=O) groups is 2. The molecular weight excluding hydrogens is 287 g/mol. The molecule has 2 heterocycles. The van der Waals surface area contributed by atoms with E-state index in [1.807, 2.05) is 6.07 Å². The number of likely N-dealkylation sites (N-methyl/N-ethyl adjacent to an activating group) is 1. The normalized spacial score (nSPS) is 21.7. The molecule has 2 rings (SSSR count). The van der Waals surface area contributed by atoms with Crippen LogP contribution in [0.15, 0.2) is 24.5 Å². The van der Waals surface area contributed by atoms with Crippen LogP contribution in [0.2, 0.25) is 0 Å². The van der Waals surface area contributed by atoms with Gasteiger partial charge in [0, 0.05) is 38.6 Å². The Balaban J connectivity index is 1.90. The fourth-order valence-corrected chi connectivity index (χ4v) is 2.74. The summed E-state index contributed by atoms with van der Waals surface area (Å²) in [4.78, 5) is 30.5. The Morgan fingerprint density at radius 2 is 2.32 bits per heavy atom. The number of nitrogens with zero attached hydrogens (tertiary/aromatic N) is 3. The Morgan fingerprint density at radius 1 is 1.55 bits per heavy atom. The zero-order chi connectivity index (χ0) is 16.1. The number of alkyl halides is 1. The summed E-state index contributed by atoms with van der Waals surface area (Å²) in [6.07, 6.45) is 2.90. The van der Waals surface area contributed by atoms with E-state index >= 15 is 0 Å². The molecule has 0 bridgehead atoms. The van der Waals surface area contributed by atoms with Crippen LogP contribution in [-0.4, -0.2) is 65.5 Å². The minimum Gasteiger partial charge on any atom is -0.369 e. The summed E-state index contributed by atoms with van der Waals surface area (Å²) >= 11 is 0. The first-order valence-electron chi connectivity index (χ1n) is 7.25. The van der Waals surface area contributed by atoms with Gasteiger partial charge >= 0.3 is 0 Å². The molecule has 1 fully saturated rings. The number of primary amides is 1. The van der Waals surface area contributed by atoms with Crippen LogP contribution in [0.1, 0.15) is 12.0 Å². The van der Waals surface area contributed by atoms with Crippen molar-refractivity contribution in [3.05, 3.63) is 30.1 Å². The average molecular weight is 308 g/mol. The summed E-state index contributed by atoms with van der Waals surface area (Å²) < 4.78 is 13.6.